The molecule has 7 nitrogen and oxygen atoms in total. The van der Waals surface area contributed by atoms with E-state index < -0.39 is 0 Å². The van der Waals surface area contributed by atoms with E-state index in [0.717, 1.165) is 37.9 Å². The predicted octanol–water partition coefficient (Wildman–Crippen LogP) is 4.00. The molecule has 0 amide bonds. The lowest BCUT2D eigenvalue weighted by atomic mass is 9.99. The Morgan fingerprint density at radius 2 is 1.82 bits per heavy atom. The molecule has 0 bridgehead atoms. The van der Waals surface area contributed by atoms with Crippen LogP contribution in [0.5, 0.6) is 0 Å². The minimum atomic E-state index is 0. The van der Waals surface area contributed by atoms with Crippen molar-refractivity contribution in [2.24, 2.45) is 18.0 Å². The number of nitrogens with one attached hydrogen (secondary N) is 2. The lowest BCUT2D eigenvalue weighted by Crippen LogP contribution is -2.51. The number of hydrogen-bond acceptors (Lipinski definition) is 4. The number of piperidine rings is 2. The van der Waals surface area contributed by atoms with Gasteiger partial charge in [-0.1, -0.05) is 19.1 Å². The Hall–Kier alpha value is -1.97. The highest BCUT2D eigenvalue weighted by Crippen LogP contribution is 2.23. The lowest BCUT2D eigenvalue weighted by Gasteiger charge is -2.34. The van der Waals surface area contributed by atoms with Crippen LogP contribution in [0.2, 0.25) is 0 Å². The van der Waals surface area contributed by atoms with Gasteiger partial charge in [-0.05, 0) is 56.2 Å². The number of benzene rings is 1. The van der Waals surface area contributed by atoms with Gasteiger partial charge in [0.05, 0.1) is 18.4 Å². The highest BCUT2D eigenvalue weighted by Gasteiger charge is 2.22. The van der Waals surface area contributed by atoms with Crippen LogP contribution in [-0.2, 0) is 13.6 Å². The average Bonchev–Trinajstić information content (AvgIpc) is 3.25. The van der Waals surface area contributed by atoms with Crippen molar-refractivity contribution >= 4 is 41.3 Å². The van der Waals surface area contributed by atoms with Crippen LogP contribution >= 0.6 is 24.0 Å². The zero-order chi connectivity index (χ0) is 22.3. The maximum Gasteiger partial charge on any atom is 0.191 e. The quantitative estimate of drug-likeness (QED) is 0.315. The van der Waals surface area contributed by atoms with Crippen LogP contribution in [0.4, 0.5) is 11.4 Å². The first-order valence-electron chi connectivity index (χ1n) is 12.2. The molecule has 2 fully saturated rings. The number of halogens is 1. The molecule has 33 heavy (non-hydrogen) atoms. The summed E-state index contributed by atoms with van der Waals surface area (Å²) < 4.78 is 1.87. The van der Waals surface area contributed by atoms with Gasteiger partial charge in [0.1, 0.15) is 0 Å². The van der Waals surface area contributed by atoms with E-state index in [1.54, 1.807) is 0 Å². The van der Waals surface area contributed by atoms with Gasteiger partial charge in [0.15, 0.2) is 5.96 Å². The second kappa shape index (κ2) is 12.5. The number of rotatable bonds is 6. The van der Waals surface area contributed by atoms with Gasteiger partial charge in [-0.25, -0.2) is 4.99 Å². The summed E-state index contributed by atoms with van der Waals surface area (Å²) >= 11 is 0. The fourth-order valence-corrected chi connectivity index (χ4v) is 4.66. The van der Waals surface area contributed by atoms with Gasteiger partial charge >= 0.3 is 0 Å². The summed E-state index contributed by atoms with van der Waals surface area (Å²) in [5.74, 6) is 1.76. The van der Waals surface area contributed by atoms with Gasteiger partial charge < -0.3 is 20.4 Å². The molecule has 2 aliphatic heterocycles. The third-order valence-electron chi connectivity index (χ3n) is 6.67. The smallest absolute Gasteiger partial charge is 0.191 e. The highest BCUT2D eigenvalue weighted by molar-refractivity contribution is 14.0. The Kier molecular flexibility index (Phi) is 9.70. The summed E-state index contributed by atoms with van der Waals surface area (Å²) in [5.41, 5.74) is 3.79. The van der Waals surface area contributed by atoms with E-state index in [9.17, 15) is 0 Å². The molecule has 1 atom stereocenters. The van der Waals surface area contributed by atoms with Crippen molar-refractivity contribution in [3.8, 4) is 0 Å². The van der Waals surface area contributed by atoms with Crippen LogP contribution in [-0.4, -0.2) is 54.5 Å². The number of nitrogens with zero attached hydrogens (tertiary/aromatic N) is 5. The summed E-state index contributed by atoms with van der Waals surface area (Å²) in [4.78, 5) is 9.80. The van der Waals surface area contributed by atoms with Gasteiger partial charge in [0.25, 0.3) is 0 Å². The van der Waals surface area contributed by atoms with E-state index in [4.69, 9.17) is 4.99 Å². The Morgan fingerprint density at radius 1 is 1.06 bits per heavy atom. The zero-order valence-corrected chi connectivity index (χ0v) is 22.7. The molecule has 2 saturated heterocycles. The fourth-order valence-electron chi connectivity index (χ4n) is 4.66. The number of anilines is 2. The summed E-state index contributed by atoms with van der Waals surface area (Å²) in [7, 11) is 1.97. The molecule has 1 aromatic carbocycles. The molecular weight excluding hydrogens is 525 g/mol. The number of guanidine groups is 1. The van der Waals surface area contributed by atoms with E-state index in [1.807, 2.05) is 17.9 Å². The Morgan fingerprint density at radius 3 is 2.48 bits per heavy atom. The van der Waals surface area contributed by atoms with Gasteiger partial charge in [0, 0.05) is 57.7 Å². The first kappa shape index (κ1) is 25.6. The van der Waals surface area contributed by atoms with E-state index in [-0.39, 0.29) is 24.0 Å². The first-order valence-corrected chi connectivity index (χ1v) is 12.2. The Labute approximate surface area is 216 Å². The van der Waals surface area contributed by atoms with Gasteiger partial charge in [-0.3, -0.25) is 4.68 Å². The topological polar surface area (TPSA) is 60.7 Å². The van der Waals surface area contributed by atoms with E-state index in [2.05, 4.69) is 69.8 Å². The number of hydrogen-bond donors (Lipinski definition) is 2. The van der Waals surface area contributed by atoms with Crippen molar-refractivity contribution in [3.63, 3.8) is 0 Å². The van der Waals surface area contributed by atoms with Crippen LogP contribution in [0, 0.1) is 5.92 Å². The second-order valence-corrected chi connectivity index (χ2v) is 9.33. The van der Waals surface area contributed by atoms with Crippen molar-refractivity contribution in [2.75, 3.05) is 42.5 Å². The molecular formula is C25H40IN7. The third-order valence-corrected chi connectivity index (χ3v) is 6.67. The van der Waals surface area contributed by atoms with Crippen molar-refractivity contribution < 1.29 is 0 Å². The van der Waals surface area contributed by atoms with Gasteiger partial charge in [-0.2, -0.15) is 5.10 Å². The van der Waals surface area contributed by atoms with Crippen LogP contribution < -0.4 is 20.4 Å². The maximum absolute atomic E-state index is 4.88. The number of aliphatic imine (C=N–C) groups is 1. The minimum absolute atomic E-state index is 0. The Bertz CT molecular complexity index is 871. The highest BCUT2D eigenvalue weighted by atomic mass is 127. The molecule has 0 radical (unpaired) electrons. The van der Waals surface area contributed by atoms with Crippen molar-refractivity contribution in [3.05, 3.63) is 42.2 Å². The molecule has 0 aliphatic carbocycles. The van der Waals surface area contributed by atoms with E-state index in [0.29, 0.717) is 12.6 Å². The predicted molar refractivity (Wildman–Crippen MR) is 149 cm³/mol. The van der Waals surface area contributed by atoms with Crippen molar-refractivity contribution in [1.82, 2.24) is 20.4 Å². The van der Waals surface area contributed by atoms with Gasteiger partial charge in [-0.15, -0.1) is 24.0 Å². The SMILES string of the molecule is CCNC(=NCc1ccc(N2CCC(C)CC2)cc1)NC1CCCN(c2cnn(C)c2)C1.I. The zero-order valence-electron chi connectivity index (χ0n) is 20.3. The maximum atomic E-state index is 4.88. The summed E-state index contributed by atoms with van der Waals surface area (Å²) in [6.45, 7) is 10.4. The average molecular weight is 566 g/mol. The molecule has 2 aromatic rings. The monoisotopic (exact) mass is 565 g/mol. The normalized spacial score (nSPS) is 19.8. The molecule has 0 spiro atoms. The Balaban J connectivity index is 0.00000306. The van der Waals surface area contributed by atoms with Crippen LogP contribution in [0.15, 0.2) is 41.7 Å². The largest absolute Gasteiger partial charge is 0.372 e. The molecule has 1 aromatic heterocycles. The minimum Gasteiger partial charge on any atom is -0.372 e. The molecule has 4 rings (SSSR count). The van der Waals surface area contributed by atoms with Crippen molar-refractivity contribution in [1.29, 1.82) is 0 Å². The van der Waals surface area contributed by atoms with Crippen LogP contribution in [0.3, 0.4) is 0 Å². The first-order chi connectivity index (χ1) is 15.6. The standard InChI is InChI=1S/C25H39N7.HI/c1-4-26-25(29-22-6-5-13-32(18-22)24-17-28-30(3)19-24)27-16-21-7-9-23(10-8-21)31-14-11-20(2)12-15-31;/h7-10,17,19-20,22H,4-6,11-16,18H2,1-3H3,(H2,26,27,29);1H. The fraction of sp³-hybridized carbons (Fsp3) is 0.600. The summed E-state index contributed by atoms with van der Waals surface area (Å²) in [5, 5.41) is 11.4. The van der Waals surface area contributed by atoms with Gasteiger partial charge in [0.2, 0.25) is 0 Å². The lowest BCUT2D eigenvalue weighted by molar-refractivity contribution is 0.438. The van der Waals surface area contributed by atoms with Crippen LogP contribution in [0.1, 0.15) is 45.1 Å². The number of aromatic nitrogens is 2. The molecule has 1 unspecified atom stereocenters. The molecule has 2 N–H and O–H groups in total. The molecule has 182 valence electrons. The number of aryl methyl sites for hydroxylation is 1. The molecule has 2 aliphatic rings. The van der Waals surface area contributed by atoms with E-state index >= 15 is 0 Å². The third kappa shape index (κ3) is 7.25. The second-order valence-electron chi connectivity index (χ2n) is 9.33. The molecule has 8 heteroatoms. The van der Waals surface area contributed by atoms with Crippen molar-refractivity contribution in [2.45, 2.75) is 52.1 Å². The summed E-state index contributed by atoms with van der Waals surface area (Å²) in [6, 6.07) is 9.35. The van der Waals surface area contributed by atoms with E-state index in [1.165, 1.54) is 49.3 Å². The molecule has 0 saturated carbocycles. The summed E-state index contributed by atoms with van der Waals surface area (Å²) in [6.07, 6.45) is 8.96. The van der Waals surface area contributed by atoms with Crippen LogP contribution in [0.25, 0.3) is 0 Å². The molecule has 3 heterocycles.